The van der Waals surface area contributed by atoms with Gasteiger partial charge in [0.1, 0.15) is 11.6 Å². The average Bonchev–Trinajstić information content (AvgIpc) is 2.81. The van der Waals surface area contributed by atoms with Gasteiger partial charge in [-0.05, 0) is 30.3 Å². The molecule has 0 atom stereocenters. The molecule has 2 rings (SSSR count). The van der Waals surface area contributed by atoms with Crippen molar-refractivity contribution in [1.29, 1.82) is 0 Å². The van der Waals surface area contributed by atoms with E-state index in [9.17, 15) is 4.39 Å². The normalized spacial score (nSPS) is 11.1. The maximum Gasteiger partial charge on any atom is 0.133 e. The quantitative estimate of drug-likeness (QED) is 0.873. The summed E-state index contributed by atoms with van der Waals surface area (Å²) >= 11 is 0. The molecule has 2 aromatic rings. The van der Waals surface area contributed by atoms with Crippen LogP contribution in [0.4, 0.5) is 4.39 Å². The minimum absolute atomic E-state index is 0.187. The van der Waals surface area contributed by atoms with Crippen molar-refractivity contribution in [3.8, 4) is 11.3 Å². The molecule has 90 valence electrons. The molecule has 0 aliphatic carbocycles. The van der Waals surface area contributed by atoms with Gasteiger partial charge in [-0.15, -0.1) is 0 Å². The average molecular weight is 233 g/mol. The van der Waals surface area contributed by atoms with E-state index >= 15 is 0 Å². The van der Waals surface area contributed by atoms with Crippen molar-refractivity contribution in [1.82, 2.24) is 5.32 Å². The highest BCUT2D eigenvalue weighted by atomic mass is 19.1. The van der Waals surface area contributed by atoms with Crippen molar-refractivity contribution in [2.24, 2.45) is 0 Å². The molecule has 1 aromatic heterocycles. The van der Waals surface area contributed by atoms with Gasteiger partial charge in [-0.2, -0.15) is 0 Å². The van der Waals surface area contributed by atoms with Crippen LogP contribution in [0, 0.1) is 5.82 Å². The molecule has 1 N–H and O–H groups in total. The van der Waals surface area contributed by atoms with Gasteiger partial charge in [0, 0.05) is 23.7 Å². The number of halogens is 1. The van der Waals surface area contributed by atoms with Crippen molar-refractivity contribution >= 4 is 0 Å². The molecule has 0 fully saturated rings. The van der Waals surface area contributed by atoms with Crippen LogP contribution in [0.2, 0.25) is 0 Å². The van der Waals surface area contributed by atoms with Gasteiger partial charge in [0.05, 0.1) is 6.26 Å². The highest BCUT2D eigenvalue weighted by Crippen LogP contribution is 2.22. The summed E-state index contributed by atoms with van der Waals surface area (Å²) in [6.07, 6.45) is 1.62. The zero-order valence-corrected chi connectivity index (χ0v) is 10.0. The summed E-state index contributed by atoms with van der Waals surface area (Å²) in [4.78, 5) is 0. The largest absolute Gasteiger partial charge is 0.464 e. The minimum Gasteiger partial charge on any atom is -0.464 e. The van der Waals surface area contributed by atoms with Crippen LogP contribution in [0.25, 0.3) is 11.3 Å². The highest BCUT2D eigenvalue weighted by molar-refractivity contribution is 5.58. The first-order valence-corrected chi connectivity index (χ1v) is 5.72. The predicted molar refractivity (Wildman–Crippen MR) is 66.1 cm³/mol. The van der Waals surface area contributed by atoms with Gasteiger partial charge in [-0.1, -0.05) is 13.8 Å². The Morgan fingerprint density at radius 1 is 1.29 bits per heavy atom. The van der Waals surface area contributed by atoms with E-state index in [2.05, 4.69) is 5.32 Å². The second kappa shape index (κ2) is 5.15. The summed E-state index contributed by atoms with van der Waals surface area (Å²) in [5.74, 6) is 0.573. The van der Waals surface area contributed by atoms with E-state index < -0.39 is 0 Å². The molecule has 0 aliphatic heterocycles. The number of nitrogens with one attached hydrogen (secondary N) is 1. The van der Waals surface area contributed by atoms with Crippen molar-refractivity contribution in [3.05, 3.63) is 48.0 Å². The Bertz CT molecular complexity index is 477. The molecule has 0 spiro atoms. The number of rotatable bonds is 4. The molecule has 17 heavy (non-hydrogen) atoms. The lowest BCUT2D eigenvalue weighted by Gasteiger charge is -2.09. The van der Waals surface area contributed by atoms with Crippen LogP contribution in [-0.4, -0.2) is 6.04 Å². The third-order valence-corrected chi connectivity index (χ3v) is 2.55. The lowest BCUT2D eigenvalue weighted by Crippen LogP contribution is -2.22. The summed E-state index contributed by atoms with van der Waals surface area (Å²) < 4.78 is 18.9. The van der Waals surface area contributed by atoms with Gasteiger partial charge in [-0.3, -0.25) is 0 Å². The fourth-order valence-electron chi connectivity index (χ4n) is 1.62. The maximum absolute atomic E-state index is 13.6. The molecule has 0 unspecified atom stereocenters. The van der Waals surface area contributed by atoms with Gasteiger partial charge in [0.2, 0.25) is 0 Å². The van der Waals surface area contributed by atoms with Gasteiger partial charge < -0.3 is 9.73 Å². The highest BCUT2D eigenvalue weighted by Gasteiger charge is 2.07. The van der Waals surface area contributed by atoms with Gasteiger partial charge >= 0.3 is 0 Å². The van der Waals surface area contributed by atoms with Gasteiger partial charge in [0.25, 0.3) is 0 Å². The number of benzene rings is 1. The van der Waals surface area contributed by atoms with Crippen LogP contribution in [0.3, 0.4) is 0 Å². The summed E-state index contributed by atoms with van der Waals surface area (Å²) in [5, 5.41) is 3.20. The molecule has 3 heteroatoms. The van der Waals surface area contributed by atoms with E-state index in [1.807, 2.05) is 32.0 Å². The van der Waals surface area contributed by atoms with E-state index in [1.54, 1.807) is 12.3 Å². The molecule has 1 aromatic carbocycles. The van der Waals surface area contributed by atoms with Crippen molar-refractivity contribution in [2.45, 2.75) is 26.4 Å². The summed E-state index contributed by atoms with van der Waals surface area (Å²) in [7, 11) is 0. The van der Waals surface area contributed by atoms with E-state index in [-0.39, 0.29) is 5.82 Å². The fourth-order valence-corrected chi connectivity index (χ4v) is 1.62. The Hall–Kier alpha value is -1.61. The van der Waals surface area contributed by atoms with E-state index in [0.29, 0.717) is 18.2 Å². The molecule has 0 saturated carbocycles. The summed E-state index contributed by atoms with van der Waals surface area (Å²) in [6, 6.07) is 9.06. The first-order chi connectivity index (χ1) is 8.16. The predicted octanol–water partition coefficient (Wildman–Crippen LogP) is 3.58. The van der Waals surface area contributed by atoms with Crippen LogP contribution in [0.5, 0.6) is 0 Å². The minimum atomic E-state index is -0.187. The topological polar surface area (TPSA) is 25.2 Å². The molecule has 0 aliphatic rings. The third kappa shape index (κ3) is 2.94. The van der Waals surface area contributed by atoms with Crippen molar-refractivity contribution < 1.29 is 8.81 Å². The van der Waals surface area contributed by atoms with Crippen LogP contribution < -0.4 is 5.32 Å². The zero-order valence-electron chi connectivity index (χ0n) is 10.0. The van der Waals surface area contributed by atoms with Crippen LogP contribution in [-0.2, 0) is 6.54 Å². The molecule has 0 bridgehead atoms. The number of hydrogen-bond acceptors (Lipinski definition) is 2. The number of furan rings is 1. The van der Waals surface area contributed by atoms with Crippen molar-refractivity contribution in [3.63, 3.8) is 0 Å². The Labute approximate surface area is 100 Å². The monoisotopic (exact) mass is 233 g/mol. The SMILES string of the molecule is CC(C)NCc1cc(-c2ccco2)ccc1F. The summed E-state index contributed by atoms with van der Waals surface area (Å²) in [6.45, 7) is 4.60. The molecule has 0 amide bonds. The first-order valence-electron chi connectivity index (χ1n) is 5.72. The van der Waals surface area contributed by atoms with Crippen LogP contribution in [0.1, 0.15) is 19.4 Å². The smallest absolute Gasteiger partial charge is 0.133 e. The lowest BCUT2D eigenvalue weighted by molar-refractivity contribution is 0.552. The van der Waals surface area contributed by atoms with E-state index in [4.69, 9.17) is 4.42 Å². The van der Waals surface area contributed by atoms with E-state index in [0.717, 1.165) is 11.3 Å². The Morgan fingerprint density at radius 2 is 2.12 bits per heavy atom. The Morgan fingerprint density at radius 3 is 2.76 bits per heavy atom. The second-order valence-corrected chi connectivity index (χ2v) is 4.32. The fraction of sp³-hybridized carbons (Fsp3) is 0.286. The molecule has 1 heterocycles. The van der Waals surface area contributed by atoms with Gasteiger partial charge in [-0.25, -0.2) is 4.39 Å². The Kier molecular flexibility index (Phi) is 3.59. The maximum atomic E-state index is 13.6. The molecule has 0 radical (unpaired) electrons. The van der Waals surface area contributed by atoms with Crippen molar-refractivity contribution in [2.75, 3.05) is 0 Å². The second-order valence-electron chi connectivity index (χ2n) is 4.32. The molecular weight excluding hydrogens is 217 g/mol. The van der Waals surface area contributed by atoms with Crippen LogP contribution >= 0.6 is 0 Å². The number of hydrogen-bond donors (Lipinski definition) is 1. The summed E-state index contributed by atoms with van der Waals surface area (Å²) in [5.41, 5.74) is 1.56. The zero-order chi connectivity index (χ0) is 12.3. The third-order valence-electron chi connectivity index (χ3n) is 2.55. The van der Waals surface area contributed by atoms with E-state index in [1.165, 1.54) is 6.07 Å². The van der Waals surface area contributed by atoms with Gasteiger partial charge in [0.15, 0.2) is 0 Å². The molecular formula is C14H16FNO. The standard InChI is InChI=1S/C14H16FNO/c1-10(2)16-9-12-8-11(5-6-13(12)15)14-4-3-7-17-14/h3-8,10,16H,9H2,1-2H3. The lowest BCUT2D eigenvalue weighted by atomic mass is 10.1. The van der Waals surface area contributed by atoms with Crippen LogP contribution in [0.15, 0.2) is 41.0 Å². The Balaban J connectivity index is 2.23. The molecule has 0 saturated heterocycles. The first kappa shape index (κ1) is 11.9. The molecule has 2 nitrogen and oxygen atoms in total.